The van der Waals surface area contributed by atoms with E-state index in [-0.39, 0.29) is 11.9 Å². The van der Waals surface area contributed by atoms with Gasteiger partial charge in [-0.1, -0.05) is 66.4 Å². The maximum Gasteiger partial charge on any atom is 0.233 e. The number of fused-ring (bicyclic) bond motifs is 1. The van der Waals surface area contributed by atoms with Gasteiger partial charge in [-0.15, -0.1) is 10.2 Å². The Morgan fingerprint density at radius 1 is 0.971 bits per heavy atom. The number of carbonyl (C=O) groups is 1. The Labute approximate surface area is 209 Å². The van der Waals surface area contributed by atoms with E-state index in [1.165, 1.54) is 11.8 Å². The zero-order chi connectivity index (χ0) is 24.2. The summed E-state index contributed by atoms with van der Waals surface area (Å²) in [5.41, 5.74) is 2.86. The van der Waals surface area contributed by atoms with Gasteiger partial charge in [0.15, 0.2) is 0 Å². The molecule has 7 heteroatoms. The van der Waals surface area contributed by atoms with Crippen LogP contribution in [-0.4, -0.2) is 47.5 Å². The number of aromatic nitrogens is 2. The summed E-state index contributed by atoms with van der Waals surface area (Å²) in [5.74, 6) is 1.92. The third-order valence-corrected chi connectivity index (χ3v) is 7.37. The van der Waals surface area contributed by atoms with Gasteiger partial charge in [0.05, 0.1) is 26.0 Å². The van der Waals surface area contributed by atoms with Gasteiger partial charge in [-0.2, -0.15) is 0 Å². The molecule has 0 bridgehead atoms. The van der Waals surface area contributed by atoms with Crippen molar-refractivity contribution in [3.8, 4) is 22.8 Å². The lowest BCUT2D eigenvalue weighted by Gasteiger charge is -2.26. The zero-order valence-electron chi connectivity index (χ0n) is 19.8. The van der Waals surface area contributed by atoms with E-state index in [4.69, 9.17) is 9.47 Å². The smallest absolute Gasteiger partial charge is 0.233 e. The van der Waals surface area contributed by atoms with Gasteiger partial charge in [0.2, 0.25) is 5.91 Å². The van der Waals surface area contributed by atoms with Crippen molar-refractivity contribution in [2.45, 2.75) is 23.9 Å². The van der Waals surface area contributed by atoms with Gasteiger partial charge in [0.1, 0.15) is 22.2 Å². The summed E-state index contributed by atoms with van der Waals surface area (Å²) in [6, 6.07) is 23.9. The lowest BCUT2D eigenvalue weighted by atomic mass is 10.0. The molecule has 1 aliphatic rings. The van der Waals surface area contributed by atoms with Crippen LogP contribution in [0.1, 0.15) is 24.4 Å². The number of rotatable bonds is 7. The van der Waals surface area contributed by atoms with Gasteiger partial charge in [0, 0.05) is 28.4 Å². The van der Waals surface area contributed by atoms with E-state index in [0.717, 1.165) is 63.5 Å². The molecule has 5 rings (SSSR count). The van der Waals surface area contributed by atoms with Crippen LogP contribution in [0.25, 0.3) is 22.0 Å². The van der Waals surface area contributed by atoms with Crippen molar-refractivity contribution in [2.24, 2.45) is 0 Å². The van der Waals surface area contributed by atoms with E-state index in [9.17, 15) is 4.79 Å². The predicted molar refractivity (Wildman–Crippen MR) is 139 cm³/mol. The molecule has 35 heavy (non-hydrogen) atoms. The van der Waals surface area contributed by atoms with E-state index in [1.54, 1.807) is 14.2 Å². The minimum absolute atomic E-state index is 0.0311. The molecule has 0 saturated carbocycles. The highest BCUT2D eigenvalue weighted by molar-refractivity contribution is 8.00. The topological polar surface area (TPSA) is 64.6 Å². The molecule has 0 spiro atoms. The Bertz CT molecular complexity index is 1350. The molecule has 0 radical (unpaired) electrons. The van der Waals surface area contributed by atoms with E-state index in [0.29, 0.717) is 5.75 Å². The van der Waals surface area contributed by atoms with Crippen molar-refractivity contribution in [2.75, 3.05) is 26.5 Å². The van der Waals surface area contributed by atoms with Gasteiger partial charge >= 0.3 is 0 Å². The standard InChI is InChI=1S/C28H27N3O3S/c1-33-20-14-15-25(34-2)23(17-20)24-13-8-16-31(24)26(32)18-35-28-22-12-7-6-11-21(22)27(29-30-28)19-9-4-3-5-10-19/h3-7,9-12,14-15,17,24H,8,13,16,18H2,1-2H3/t24-/m0/s1. The second kappa shape index (κ2) is 10.4. The maximum absolute atomic E-state index is 13.4. The summed E-state index contributed by atoms with van der Waals surface area (Å²) in [6.45, 7) is 0.726. The number of hydrogen-bond donors (Lipinski definition) is 0. The summed E-state index contributed by atoms with van der Waals surface area (Å²) in [7, 11) is 3.30. The van der Waals surface area contributed by atoms with Gasteiger partial charge in [0.25, 0.3) is 0 Å². The third-order valence-electron chi connectivity index (χ3n) is 6.40. The highest BCUT2D eigenvalue weighted by Gasteiger charge is 2.32. The highest BCUT2D eigenvalue weighted by atomic mass is 32.2. The average Bonchev–Trinajstić information content (AvgIpc) is 3.41. The van der Waals surface area contributed by atoms with E-state index in [2.05, 4.69) is 16.3 Å². The number of likely N-dealkylation sites (tertiary alicyclic amines) is 1. The van der Waals surface area contributed by atoms with E-state index < -0.39 is 0 Å². The monoisotopic (exact) mass is 485 g/mol. The molecule has 1 fully saturated rings. The number of nitrogens with zero attached hydrogens (tertiary/aromatic N) is 3. The minimum atomic E-state index is -0.0311. The summed E-state index contributed by atoms with van der Waals surface area (Å²) >= 11 is 1.44. The number of ether oxygens (including phenoxy) is 2. The van der Waals surface area contributed by atoms with Crippen molar-refractivity contribution >= 4 is 28.4 Å². The molecule has 1 aromatic heterocycles. The van der Waals surface area contributed by atoms with Gasteiger partial charge in [-0.3, -0.25) is 4.79 Å². The van der Waals surface area contributed by atoms with Crippen molar-refractivity contribution in [1.82, 2.24) is 15.1 Å². The lowest BCUT2D eigenvalue weighted by Crippen LogP contribution is -2.32. The number of hydrogen-bond acceptors (Lipinski definition) is 6. The molecule has 6 nitrogen and oxygen atoms in total. The molecule has 0 aliphatic carbocycles. The quantitative estimate of drug-likeness (QED) is 0.310. The van der Waals surface area contributed by atoms with Gasteiger partial charge in [-0.25, -0.2) is 0 Å². The number of benzene rings is 3. The Morgan fingerprint density at radius 3 is 2.51 bits per heavy atom. The number of amides is 1. The van der Waals surface area contributed by atoms with Crippen LogP contribution in [0.15, 0.2) is 77.8 Å². The molecule has 1 atom stereocenters. The van der Waals surface area contributed by atoms with Crippen LogP contribution in [0.2, 0.25) is 0 Å². The minimum Gasteiger partial charge on any atom is -0.497 e. The van der Waals surface area contributed by atoms with Crippen LogP contribution in [0.5, 0.6) is 11.5 Å². The number of methoxy groups -OCH3 is 2. The first-order chi connectivity index (χ1) is 17.2. The molecule has 1 aliphatic heterocycles. The van der Waals surface area contributed by atoms with Crippen molar-refractivity contribution in [1.29, 1.82) is 0 Å². The second-order valence-electron chi connectivity index (χ2n) is 8.41. The number of carbonyl (C=O) groups excluding carboxylic acids is 1. The van der Waals surface area contributed by atoms with E-state index >= 15 is 0 Å². The SMILES string of the molecule is COc1ccc(OC)c([C@@H]2CCCN2C(=O)CSc2nnc(-c3ccccc3)c3ccccc23)c1. The highest BCUT2D eigenvalue weighted by Crippen LogP contribution is 2.40. The van der Waals surface area contributed by atoms with Crippen LogP contribution >= 0.6 is 11.8 Å². The molecule has 0 N–H and O–H groups in total. The van der Waals surface area contributed by atoms with Crippen molar-refractivity contribution < 1.29 is 14.3 Å². The van der Waals surface area contributed by atoms with Crippen LogP contribution in [0, 0.1) is 0 Å². The largest absolute Gasteiger partial charge is 0.497 e. The summed E-state index contributed by atoms with van der Waals surface area (Å²) < 4.78 is 11.0. The summed E-state index contributed by atoms with van der Waals surface area (Å²) in [6.07, 6.45) is 1.85. The van der Waals surface area contributed by atoms with Gasteiger partial charge in [-0.05, 0) is 31.0 Å². The third kappa shape index (κ3) is 4.68. The van der Waals surface area contributed by atoms with Gasteiger partial charge < -0.3 is 14.4 Å². The Hall–Kier alpha value is -3.58. The Balaban J connectivity index is 1.38. The van der Waals surface area contributed by atoms with Crippen LogP contribution in [0.4, 0.5) is 0 Å². The zero-order valence-corrected chi connectivity index (χ0v) is 20.6. The first kappa shape index (κ1) is 23.2. The molecule has 3 aromatic carbocycles. The second-order valence-corrected chi connectivity index (χ2v) is 9.37. The average molecular weight is 486 g/mol. The Kier molecular flexibility index (Phi) is 6.86. The molecule has 1 amide bonds. The fourth-order valence-electron chi connectivity index (χ4n) is 4.70. The van der Waals surface area contributed by atoms with Crippen LogP contribution < -0.4 is 9.47 Å². The molecular formula is C28H27N3O3S. The summed E-state index contributed by atoms with van der Waals surface area (Å²) in [4.78, 5) is 15.3. The molecule has 4 aromatic rings. The molecule has 2 heterocycles. The fraction of sp³-hybridized carbons (Fsp3) is 0.250. The normalized spacial score (nSPS) is 15.4. The summed E-state index contributed by atoms with van der Waals surface area (Å²) in [5, 5.41) is 11.8. The van der Waals surface area contributed by atoms with Crippen molar-refractivity contribution in [3.63, 3.8) is 0 Å². The molecule has 178 valence electrons. The molecule has 1 saturated heterocycles. The Morgan fingerprint density at radius 2 is 1.74 bits per heavy atom. The lowest BCUT2D eigenvalue weighted by molar-refractivity contribution is -0.129. The fourth-order valence-corrected chi connectivity index (χ4v) is 5.55. The number of thioether (sulfide) groups is 1. The first-order valence-electron chi connectivity index (χ1n) is 11.6. The molecular weight excluding hydrogens is 458 g/mol. The molecule has 0 unspecified atom stereocenters. The maximum atomic E-state index is 13.4. The first-order valence-corrected chi connectivity index (χ1v) is 12.6. The predicted octanol–water partition coefficient (Wildman–Crippen LogP) is 5.77. The van der Waals surface area contributed by atoms with E-state index in [1.807, 2.05) is 71.6 Å². The van der Waals surface area contributed by atoms with Crippen LogP contribution in [0.3, 0.4) is 0 Å². The van der Waals surface area contributed by atoms with Crippen molar-refractivity contribution in [3.05, 3.63) is 78.4 Å². The van der Waals surface area contributed by atoms with Crippen LogP contribution in [-0.2, 0) is 4.79 Å².